The fraction of sp³-hybridized carbons (Fsp3) is 0.500. The fourth-order valence-electron chi connectivity index (χ4n) is 1.04. The van der Waals surface area contributed by atoms with Gasteiger partial charge in [-0.1, -0.05) is 0 Å². The van der Waals surface area contributed by atoms with Crippen molar-refractivity contribution in [3.05, 3.63) is 6.33 Å². The average Bonchev–Trinajstić information content (AvgIpc) is 2.64. The lowest BCUT2D eigenvalue weighted by atomic mass is 10.1. The maximum atomic E-state index is 11.3. The third kappa shape index (κ3) is 1.68. The van der Waals surface area contributed by atoms with Crippen molar-refractivity contribution in [3.63, 3.8) is 0 Å². The number of carbonyl (C=O) groups excluding carboxylic acids is 2. The molecule has 2 amide bonds. The zero-order valence-corrected chi connectivity index (χ0v) is 7.17. The summed E-state index contributed by atoms with van der Waals surface area (Å²) in [6.45, 7) is 0.511. The molecule has 2 heterocycles. The van der Waals surface area contributed by atoms with Gasteiger partial charge in [-0.25, -0.2) is 4.68 Å². The van der Waals surface area contributed by atoms with E-state index in [1.165, 1.54) is 11.0 Å². The van der Waals surface area contributed by atoms with Crippen molar-refractivity contribution in [1.29, 1.82) is 0 Å². The minimum absolute atomic E-state index is 0.0246. The first-order chi connectivity index (χ1) is 6.75. The number of β-lactam (4-membered cyclic amide) rings is 1. The van der Waals surface area contributed by atoms with Crippen molar-refractivity contribution in [2.24, 2.45) is 0 Å². The topological polar surface area (TPSA) is 102 Å². The van der Waals surface area contributed by atoms with E-state index in [9.17, 15) is 9.59 Å². The predicted octanol–water partition coefficient (Wildman–Crippen LogP) is -2.71. The number of nitrogens with zero attached hydrogens (tertiary/aromatic N) is 4. The molecule has 2 rings (SSSR count). The molecule has 1 aliphatic rings. The Kier molecular flexibility index (Phi) is 2.09. The molecule has 0 spiro atoms. The summed E-state index contributed by atoms with van der Waals surface area (Å²) < 4.78 is 1.28. The molecule has 1 aliphatic heterocycles. The van der Waals surface area contributed by atoms with Crippen molar-refractivity contribution in [2.75, 3.05) is 6.54 Å². The van der Waals surface area contributed by atoms with Crippen molar-refractivity contribution in [2.45, 2.75) is 12.6 Å². The molecule has 0 saturated carbocycles. The molecule has 8 heteroatoms. The molecule has 0 aromatic carbocycles. The van der Waals surface area contributed by atoms with E-state index < -0.39 is 6.04 Å². The maximum absolute atomic E-state index is 11.3. The summed E-state index contributed by atoms with van der Waals surface area (Å²) in [5.41, 5.74) is 0. The summed E-state index contributed by atoms with van der Waals surface area (Å²) in [6.07, 6.45) is 1.33. The van der Waals surface area contributed by atoms with Gasteiger partial charge in [0.15, 0.2) is 0 Å². The Morgan fingerprint density at radius 1 is 1.79 bits per heavy atom. The van der Waals surface area contributed by atoms with Crippen LogP contribution in [0, 0.1) is 0 Å². The van der Waals surface area contributed by atoms with Gasteiger partial charge in [0, 0.05) is 6.54 Å². The molecule has 1 fully saturated rings. The van der Waals surface area contributed by atoms with Gasteiger partial charge < -0.3 is 10.6 Å². The molecular formula is C6H8N6O2. The van der Waals surface area contributed by atoms with E-state index in [1.807, 2.05) is 0 Å². The van der Waals surface area contributed by atoms with Crippen molar-refractivity contribution in [1.82, 2.24) is 30.8 Å². The van der Waals surface area contributed by atoms with Crippen molar-refractivity contribution in [3.8, 4) is 0 Å². The first kappa shape index (κ1) is 8.60. The number of hydrogen-bond acceptors (Lipinski definition) is 5. The normalized spacial score (nSPS) is 19.7. The van der Waals surface area contributed by atoms with E-state index in [4.69, 9.17) is 0 Å². The van der Waals surface area contributed by atoms with E-state index in [-0.39, 0.29) is 18.4 Å². The van der Waals surface area contributed by atoms with Crippen LogP contribution in [0.1, 0.15) is 0 Å². The molecule has 0 bridgehead atoms. The Balaban J connectivity index is 1.82. The third-order valence-electron chi connectivity index (χ3n) is 1.83. The smallest absolute Gasteiger partial charge is 0.244 e. The molecule has 1 aromatic heterocycles. The Hall–Kier alpha value is -1.99. The lowest BCUT2D eigenvalue weighted by Crippen LogP contribution is -2.62. The molecule has 0 aliphatic carbocycles. The van der Waals surface area contributed by atoms with Crippen LogP contribution in [0.25, 0.3) is 0 Å². The molecule has 1 unspecified atom stereocenters. The number of tetrazole rings is 1. The highest BCUT2D eigenvalue weighted by Gasteiger charge is 2.28. The van der Waals surface area contributed by atoms with Crippen LogP contribution in [0.15, 0.2) is 6.33 Å². The van der Waals surface area contributed by atoms with Gasteiger partial charge in [0.05, 0.1) is 0 Å². The minimum Gasteiger partial charge on any atom is -0.352 e. The van der Waals surface area contributed by atoms with E-state index in [0.29, 0.717) is 6.54 Å². The quantitative estimate of drug-likeness (QED) is 0.512. The summed E-state index contributed by atoms with van der Waals surface area (Å²) >= 11 is 0. The number of amides is 2. The van der Waals surface area contributed by atoms with Gasteiger partial charge in [0.1, 0.15) is 18.9 Å². The molecule has 14 heavy (non-hydrogen) atoms. The van der Waals surface area contributed by atoms with E-state index in [0.717, 1.165) is 0 Å². The maximum Gasteiger partial charge on any atom is 0.244 e. The molecule has 0 radical (unpaired) electrons. The SMILES string of the molecule is O=C(Cn1cnnn1)NC1CNC1=O. The van der Waals surface area contributed by atoms with Crippen LogP contribution >= 0.6 is 0 Å². The minimum atomic E-state index is -0.404. The zero-order valence-electron chi connectivity index (χ0n) is 7.17. The molecular weight excluding hydrogens is 188 g/mol. The third-order valence-corrected chi connectivity index (χ3v) is 1.83. The van der Waals surface area contributed by atoms with Gasteiger partial charge >= 0.3 is 0 Å². The highest BCUT2D eigenvalue weighted by atomic mass is 16.2. The molecule has 1 aromatic rings. The monoisotopic (exact) mass is 196 g/mol. The highest BCUT2D eigenvalue weighted by molar-refractivity contribution is 5.92. The second-order valence-electron chi connectivity index (χ2n) is 2.87. The number of carbonyl (C=O) groups is 2. The number of nitrogens with one attached hydrogen (secondary N) is 2. The standard InChI is InChI=1S/C6H8N6O2/c13-5(2-12-3-8-10-11-12)9-4-1-7-6(4)14/h3-4H,1-2H2,(H,7,14)(H,9,13). The zero-order chi connectivity index (χ0) is 9.97. The summed E-state index contributed by atoms with van der Waals surface area (Å²) in [5, 5.41) is 15.3. The lowest BCUT2D eigenvalue weighted by Gasteiger charge is -2.26. The molecule has 1 saturated heterocycles. The summed E-state index contributed by atoms with van der Waals surface area (Å²) in [6, 6.07) is -0.404. The Morgan fingerprint density at radius 2 is 2.64 bits per heavy atom. The largest absolute Gasteiger partial charge is 0.352 e. The van der Waals surface area contributed by atoms with Gasteiger partial charge in [-0.05, 0) is 10.4 Å². The number of aromatic nitrogens is 4. The molecule has 8 nitrogen and oxygen atoms in total. The van der Waals surface area contributed by atoms with E-state index in [2.05, 4.69) is 26.2 Å². The Bertz CT molecular complexity index is 347. The van der Waals surface area contributed by atoms with E-state index >= 15 is 0 Å². The van der Waals surface area contributed by atoms with Crippen LogP contribution in [-0.2, 0) is 16.1 Å². The van der Waals surface area contributed by atoms with Crippen LogP contribution < -0.4 is 10.6 Å². The van der Waals surface area contributed by atoms with Gasteiger partial charge in [-0.15, -0.1) is 5.10 Å². The average molecular weight is 196 g/mol. The Morgan fingerprint density at radius 3 is 3.14 bits per heavy atom. The summed E-state index contributed by atoms with van der Waals surface area (Å²) in [4.78, 5) is 22.0. The second kappa shape index (κ2) is 3.40. The van der Waals surface area contributed by atoms with Crippen LogP contribution in [-0.4, -0.2) is 44.6 Å². The predicted molar refractivity (Wildman–Crippen MR) is 42.8 cm³/mol. The van der Waals surface area contributed by atoms with Gasteiger partial charge in [0.25, 0.3) is 0 Å². The van der Waals surface area contributed by atoms with Gasteiger partial charge in [-0.3, -0.25) is 9.59 Å². The molecule has 1 atom stereocenters. The van der Waals surface area contributed by atoms with E-state index in [1.54, 1.807) is 0 Å². The number of rotatable bonds is 3. The summed E-state index contributed by atoms with van der Waals surface area (Å²) in [5.74, 6) is -0.438. The Labute approximate surface area is 78.7 Å². The first-order valence-electron chi connectivity index (χ1n) is 4.03. The molecule has 74 valence electrons. The van der Waals surface area contributed by atoms with Crippen molar-refractivity contribution >= 4 is 11.8 Å². The summed E-state index contributed by atoms with van der Waals surface area (Å²) in [7, 11) is 0. The highest BCUT2D eigenvalue weighted by Crippen LogP contribution is 1.93. The van der Waals surface area contributed by atoms with Crippen LogP contribution in [0.2, 0.25) is 0 Å². The molecule has 2 N–H and O–H groups in total. The fourth-order valence-corrected chi connectivity index (χ4v) is 1.04. The second-order valence-corrected chi connectivity index (χ2v) is 2.87. The first-order valence-corrected chi connectivity index (χ1v) is 4.03. The number of hydrogen-bond donors (Lipinski definition) is 2. The van der Waals surface area contributed by atoms with Crippen molar-refractivity contribution < 1.29 is 9.59 Å². The van der Waals surface area contributed by atoms with Crippen LogP contribution in [0.3, 0.4) is 0 Å². The lowest BCUT2D eigenvalue weighted by molar-refractivity contribution is -0.133. The van der Waals surface area contributed by atoms with Crippen LogP contribution in [0.4, 0.5) is 0 Å². The van der Waals surface area contributed by atoms with Gasteiger partial charge in [-0.2, -0.15) is 0 Å². The van der Waals surface area contributed by atoms with Gasteiger partial charge in [0.2, 0.25) is 11.8 Å². The van der Waals surface area contributed by atoms with Crippen LogP contribution in [0.5, 0.6) is 0 Å².